The van der Waals surface area contributed by atoms with Gasteiger partial charge in [0.15, 0.2) is 0 Å². The van der Waals surface area contributed by atoms with Crippen LogP contribution in [0.3, 0.4) is 0 Å². The summed E-state index contributed by atoms with van der Waals surface area (Å²) in [6, 6.07) is 6.29. The van der Waals surface area contributed by atoms with Gasteiger partial charge in [0.2, 0.25) is 0 Å². The van der Waals surface area contributed by atoms with Gasteiger partial charge < -0.3 is 19.7 Å². The lowest BCUT2D eigenvalue weighted by atomic mass is 9.73. The van der Waals surface area contributed by atoms with Gasteiger partial charge in [-0.15, -0.1) is 0 Å². The molecule has 2 atom stereocenters. The van der Waals surface area contributed by atoms with Gasteiger partial charge in [0.05, 0.1) is 24.5 Å². The van der Waals surface area contributed by atoms with Crippen LogP contribution in [0.1, 0.15) is 44.5 Å². The third-order valence-corrected chi connectivity index (χ3v) is 5.59. The molecule has 0 radical (unpaired) electrons. The highest BCUT2D eigenvalue weighted by Crippen LogP contribution is 2.41. The molecular weight excluding hydrogens is 514 g/mol. The van der Waals surface area contributed by atoms with E-state index >= 15 is 0 Å². The molecule has 0 bridgehead atoms. The maximum Gasteiger partial charge on any atom is 0.490 e. The van der Waals surface area contributed by atoms with Crippen molar-refractivity contribution in [2.45, 2.75) is 71.1 Å². The molecule has 2 fully saturated rings. The summed E-state index contributed by atoms with van der Waals surface area (Å²) in [4.78, 5) is 25.0. The number of pyridine rings is 1. The third kappa shape index (κ3) is 11.6. The largest absolute Gasteiger partial charge is 0.490 e. The summed E-state index contributed by atoms with van der Waals surface area (Å²) in [6.07, 6.45) is -6.07. The molecule has 0 saturated carbocycles. The Morgan fingerprint density at radius 1 is 1.16 bits per heavy atom. The zero-order chi connectivity index (χ0) is 28.4. The quantitative estimate of drug-likeness (QED) is 0.522. The van der Waals surface area contributed by atoms with Crippen molar-refractivity contribution >= 4 is 11.9 Å². The molecular formula is C23H32F6N2O6. The number of hydrogen-bond acceptors (Lipinski definition) is 6. The van der Waals surface area contributed by atoms with Crippen LogP contribution in [0.25, 0.3) is 0 Å². The molecule has 0 aliphatic carbocycles. The number of ether oxygens (including phenoxy) is 2. The lowest BCUT2D eigenvalue weighted by Gasteiger charge is -2.50. The van der Waals surface area contributed by atoms with Crippen LogP contribution in [0.2, 0.25) is 0 Å². The van der Waals surface area contributed by atoms with Gasteiger partial charge in [0.1, 0.15) is 0 Å². The second kappa shape index (κ2) is 13.9. The number of rotatable bonds is 5. The first-order chi connectivity index (χ1) is 17.0. The number of carbonyl (C=O) groups is 2. The number of aliphatic carboxylic acids is 2. The Hall–Kier alpha value is -2.45. The fraction of sp³-hybridized carbons (Fsp3) is 0.696. The van der Waals surface area contributed by atoms with Crippen molar-refractivity contribution in [3.63, 3.8) is 0 Å². The van der Waals surface area contributed by atoms with E-state index in [-0.39, 0.29) is 11.5 Å². The number of nitrogens with zero attached hydrogens (tertiary/aromatic N) is 2. The molecule has 8 nitrogen and oxygen atoms in total. The van der Waals surface area contributed by atoms with E-state index in [9.17, 15) is 26.3 Å². The molecule has 0 aromatic carbocycles. The average Bonchev–Trinajstić information content (AvgIpc) is 2.77. The van der Waals surface area contributed by atoms with Crippen LogP contribution in [0, 0.1) is 12.3 Å². The minimum absolute atomic E-state index is 0.157. The van der Waals surface area contributed by atoms with E-state index in [4.69, 9.17) is 29.3 Å². The fourth-order valence-corrected chi connectivity index (χ4v) is 3.98. The lowest BCUT2D eigenvalue weighted by Crippen LogP contribution is -2.56. The van der Waals surface area contributed by atoms with E-state index in [1.165, 1.54) is 12.1 Å². The number of halogens is 6. The van der Waals surface area contributed by atoms with E-state index in [2.05, 4.69) is 48.9 Å². The third-order valence-electron chi connectivity index (χ3n) is 5.59. The monoisotopic (exact) mass is 546 g/mol. The predicted molar refractivity (Wildman–Crippen MR) is 119 cm³/mol. The Kier molecular flexibility index (Phi) is 12.2. The molecule has 212 valence electrons. The lowest BCUT2D eigenvalue weighted by molar-refractivity contribution is -0.193. The number of piperidine rings is 1. The normalized spacial score (nSPS) is 22.2. The molecule has 0 amide bonds. The molecule has 2 aliphatic heterocycles. The second-order valence-electron chi connectivity index (χ2n) is 9.06. The summed E-state index contributed by atoms with van der Waals surface area (Å²) >= 11 is 0. The molecule has 0 spiro atoms. The minimum atomic E-state index is -5.08. The topological polar surface area (TPSA) is 109 Å². The van der Waals surface area contributed by atoms with Crippen LogP contribution in [0.4, 0.5) is 26.3 Å². The molecule has 2 saturated heterocycles. The van der Waals surface area contributed by atoms with Crippen LogP contribution in [0.15, 0.2) is 18.2 Å². The minimum Gasteiger partial charge on any atom is -0.475 e. The van der Waals surface area contributed by atoms with Gasteiger partial charge in [-0.1, -0.05) is 6.07 Å². The number of fused-ring (bicyclic) bond motifs is 1. The molecule has 2 aliphatic rings. The zero-order valence-corrected chi connectivity index (χ0v) is 20.7. The maximum atomic E-state index is 10.6. The summed E-state index contributed by atoms with van der Waals surface area (Å²) in [5, 5.41) is 14.2. The van der Waals surface area contributed by atoms with Crippen molar-refractivity contribution in [2.24, 2.45) is 5.41 Å². The van der Waals surface area contributed by atoms with E-state index in [1.807, 2.05) is 0 Å². The summed E-state index contributed by atoms with van der Waals surface area (Å²) in [7, 11) is 0. The molecule has 14 heteroatoms. The number of alkyl halides is 6. The summed E-state index contributed by atoms with van der Waals surface area (Å²) < 4.78 is 75.6. The molecule has 2 unspecified atom stereocenters. The fourth-order valence-electron chi connectivity index (χ4n) is 3.98. The average molecular weight is 547 g/mol. The highest BCUT2D eigenvalue weighted by Gasteiger charge is 2.46. The van der Waals surface area contributed by atoms with E-state index < -0.39 is 24.3 Å². The van der Waals surface area contributed by atoms with Crippen molar-refractivity contribution in [3.05, 3.63) is 29.6 Å². The first-order valence-corrected chi connectivity index (χ1v) is 11.4. The van der Waals surface area contributed by atoms with Crippen LogP contribution in [0.5, 0.6) is 0 Å². The SMILES string of the molecule is Cc1cccc(CN2CCC3OCCCC3(COC(C)C)C2)n1.O=C(O)C(F)(F)F.O=C(O)C(F)(F)F. The maximum absolute atomic E-state index is 10.6. The van der Waals surface area contributed by atoms with Gasteiger partial charge in [-0.3, -0.25) is 9.88 Å². The Morgan fingerprint density at radius 3 is 2.22 bits per heavy atom. The van der Waals surface area contributed by atoms with Gasteiger partial charge in [-0.2, -0.15) is 26.3 Å². The first kappa shape index (κ1) is 32.6. The molecule has 3 heterocycles. The van der Waals surface area contributed by atoms with Gasteiger partial charge in [-0.25, -0.2) is 9.59 Å². The van der Waals surface area contributed by atoms with E-state index in [0.29, 0.717) is 6.10 Å². The van der Waals surface area contributed by atoms with Crippen LogP contribution < -0.4 is 0 Å². The van der Waals surface area contributed by atoms with Crippen LogP contribution in [-0.4, -0.2) is 82.9 Å². The number of carboxylic acid groups (broad SMARTS) is 2. The van der Waals surface area contributed by atoms with Crippen molar-refractivity contribution in [1.82, 2.24) is 9.88 Å². The molecule has 37 heavy (non-hydrogen) atoms. The van der Waals surface area contributed by atoms with Crippen molar-refractivity contribution in [2.75, 3.05) is 26.3 Å². The number of likely N-dealkylation sites (tertiary alicyclic amines) is 1. The standard InChI is InChI=1S/C19H30N2O2.2C2HF3O2/c1-15(2)23-14-19-9-5-11-22-18(19)8-10-21(13-19)12-17-7-4-6-16(3)20-17;2*3-2(4,5)1(6)7/h4,6-7,15,18H,5,8-14H2,1-3H3;2*(H,6,7). The van der Waals surface area contributed by atoms with Gasteiger partial charge in [-0.05, 0) is 52.2 Å². The van der Waals surface area contributed by atoms with Crippen molar-refractivity contribution in [3.8, 4) is 0 Å². The summed E-state index contributed by atoms with van der Waals surface area (Å²) in [5.41, 5.74) is 2.42. The van der Waals surface area contributed by atoms with Gasteiger partial charge >= 0.3 is 24.3 Å². The Balaban J connectivity index is 0.000000404. The van der Waals surface area contributed by atoms with Gasteiger partial charge in [0, 0.05) is 37.4 Å². The first-order valence-electron chi connectivity index (χ1n) is 11.4. The molecule has 2 N–H and O–H groups in total. The highest BCUT2D eigenvalue weighted by atomic mass is 19.4. The van der Waals surface area contributed by atoms with Gasteiger partial charge in [0.25, 0.3) is 0 Å². The molecule has 1 aromatic rings. The predicted octanol–water partition coefficient (Wildman–Crippen LogP) is 4.45. The Morgan fingerprint density at radius 2 is 1.73 bits per heavy atom. The highest BCUT2D eigenvalue weighted by molar-refractivity contribution is 5.73. The number of hydrogen-bond donors (Lipinski definition) is 2. The van der Waals surface area contributed by atoms with Crippen LogP contribution >= 0.6 is 0 Å². The summed E-state index contributed by atoms with van der Waals surface area (Å²) in [5.74, 6) is -5.51. The van der Waals surface area contributed by atoms with Crippen LogP contribution in [-0.2, 0) is 25.6 Å². The van der Waals surface area contributed by atoms with Crippen molar-refractivity contribution in [1.29, 1.82) is 0 Å². The smallest absolute Gasteiger partial charge is 0.475 e. The Bertz CT molecular complexity index is 856. The number of aryl methyl sites for hydroxylation is 1. The van der Waals surface area contributed by atoms with E-state index in [0.717, 1.165) is 51.4 Å². The zero-order valence-electron chi connectivity index (χ0n) is 20.7. The number of carboxylic acids is 2. The second-order valence-corrected chi connectivity index (χ2v) is 9.06. The number of aromatic nitrogens is 1. The van der Waals surface area contributed by atoms with E-state index in [1.54, 1.807) is 0 Å². The Labute approximate surface area is 210 Å². The molecule has 1 aromatic heterocycles. The van der Waals surface area contributed by atoms with Crippen molar-refractivity contribution < 1.29 is 55.6 Å². The molecule has 3 rings (SSSR count). The summed E-state index contributed by atoms with van der Waals surface area (Å²) in [6.45, 7) is 11.1.